The minimum Gasteiger partial charge on any atom is -0.393 e. The molecule has 0 saturated heterocycles. The van der Waals surface area contributed by atoms with Crippen LogP contribution in [0.2, 0.25) is 0 Å². The number of aliphatic hydroxyl groups excluding tert-OH is 1. The molecule has 0 aliphatic heterocycles. The fourth-order valence-electron chi connectivity index (χ4n) is 6.15. The van der Waals surface area contributed by atoms with Crippen molar-refractivity contribution < 1.29 is 37.1 Å². The zero-order chi connectivity index (χ0) is 42.3. The zero-order valence-electron chi connectivity index (χ0n) is 32.6. The molecular formula is C40H36F4N12O4. The summed E-state index contributed by atoms with van der Waals surface area (Å²) in [6.45, 7) is 5.71. The molecule has 0 amide bonds. The van der Waals surface area contributed by atoms with Gasteiger partial charge in [0.05, 0.1) is 24.2 Å². The molecule has 0 spiro atoms. The van der Waals surface area contributed by atoms with E-state index in [-0.39, 0.29) is 58.4 Å². The molecule has 1 unspecified atom stereocenters. The summed E-state index contributed by atoms with van der Waals surface area (Å²) in [4.78, 5) is 18.1. The van der Waals surface area contributed by atoms with Crippen LogP contribution < -0.4 is 0 Å². The Kier molecular flexibility index (Phi) is 12.5. The average molecular weight is 825 g/mol. The highest BCUT2D eigenvalue weighted by molar-refractivity contribution is 5.97. The Morgan fingerprint density at radius 1 is 0.717 bits per heavy atom. The fourth-order valence-corrected chi connectivity index (χ4v) is 6.15. The number of oxime groups is 2. The van der Waals surface area contributed by atoms with Gasteiger partial charge in [-0.15, -0.1) is 20.4 Å². The summed E-state index contributed by atoms with van der Waals surface area (Å²) in [6, 6.07) is 15.5. The van der Waals surface area contributed by atoms with E-state index >= 15 is 4.39 Å². The van der Waals surface area contributed by atoms with E-state index in [1.165, 1.54) is 33.6 Å². The number of nitrogens with zero attached hydrogens (tertiary/aromatic N) is 12. The van der Waals surface area contributed by atoms with Gasteiger partial charge in [0, 0.05) is 65.9 Å². The maximum atomic E-state index is 15.2. The molecule has 0 aliphatic carbocycles. The van der Waals surface area contributed by atoms with Gasteiger partial charge in [0.1, 0.15) is 59.3 Å². The summed E-state index contributed by atoms with van der Waals surface area (Å²) >= 11 is 0. The van der Waals surface area contributed by atoms with Crippen molar-refractivity contribution in [2.75, 3.05) is 33.5 Å². The second-order valence-electron chi connectivity index (χ2n) is 13.2. The van der Waals surface area contributed by atoms with Crippen LogP contribution in [0.5, 0.6) is 0 Å². The van der Waals surface area contributed by atoms with Gasteiger partial charge in [-0.25, -0.2) is 17.6 Å². The van der Waals surface area contributed by atoms with Crippen LogP contribution in [-0.2, 0) is 20.8 Å². The Balaban J connectivity index is 0.000000182. The highest BCUT2D eigenvalue weighted by atomic mass is 19.1. The van der Waals surface area contributed by atoms with E-state index in [0.29, 0.717) is 53.1 Å². The first kappa shape index (κ1) is 41.1. The molecule has 16 nitrogen and oxygen atoms in total. The predicted octanol–water partition coefficient (Wildman–Crippen LogP) is 5.76. The van der Waals surface area contributed by atoms with Gasteiger partial charge in [0.2, 0.25) is 0 Å². The smallest absolute Gasteiger partial charge is 0.177 e. The molecule has 0 aliphatic rings. The molecule has 0 fully saturated rings. The number of halogens is 4. The predicted molar refractivity (Wildman–Crippen MR) is 210 cm³/mol. The van der Waals surface area contributed by atoms with E-state index < -0.39 is 29.2 Å². The number of rotatable bonds is 13. The summed E-state index contributed by atoms with van der Waals surface area (Å²) in [5.74, 6) is -2.95. The Morgan fingerprint density at radius 2 is 1.30 bits per heavy atom. The Morgan fingerprint density at radius 3 is 1.95 bits per heavy atom. The lowest BCUT2D eigenvalue weighted by Crippen LogP contribution is -2.11. The summed E-state index contributed by atoms with van der Waals surface area (Å²) in [5, 5.41) is 42.2. The maximum Gasteiger partial charge on any atom is 0.177 e. The molecule has 8 aromatic rings. The molecule has 2 aromatic carbocycles. The number of fused-ring (bicyclic) bond motifs is 4. The summed E-state index contributed by atoms with van der Waals surface area (Å²) in [7, 11) is 1.57. The average Bonchev–Trinajstić information content (AvgIpc) is 3.87. The van der Waals surface area contributed by atoms with Crippen molar-refractivity contribution in [2.45, 2.75) is 33.1 Å². The van der Waals surface area contributed by atoms with Gasteiger partial charge in [-0.3, -0.25) is 9.97 Å². The van der Waals surface area contributed by atoms with E-state index in [1.54, 1.807) is 76.4 Å². The van der Waals surface area contributed by atoms with Crippen molar-refractivity contribution in [3.63, 3.8) is 0 Å². The minimum absolute atomic E-state index is 0.0623. The molecular weight excluding hydrogens is 789 g/mol. The van der Waals surface area contributed by atoms with Crippen molar-refractivity contribution in [1.29, 1.82) is 0 Å². The van der Waals surface area contributed by atoms with Crippen molar-refractivity contribution >= 4 is 44.5 Å². The molecule has 1 atom stereocenters. The third-order valence-electron chi connectivity index (χ3n) is 9.20. The standard InChI is InChI=1S/C21H20F2N6O2.C19H16F2N6O2/c1-12(19-15(22)11-17-14(20(19)23)5-4-8-24-17)21-26-25-18-7-6-16(27-29(18)21)13(2)28-31-10-9-30-3;1-11(26-29-8-7-28)15-4-5-17-23-24-18(27(17)25-15)9-13-14(20)10-16-12(19(13)21)3-2-6-22-16/h4-8,11-12H,9-10H2,1-3H3;2-6,10,28H,7-9H2,1H3/b28-13+;26-11+. The van der Waals surface area contributed by atoms with Crippen LogP contribution >= 0.6 is 0 Å². The van der Waals surface area contributed by atoms with Gasteiger partial charge in [0.15, 0.2) is 22.9 Å². The molecule has 6 heterocycles. The molecule has 6 aromatic heterocycles. The van der Waals surface area contributed by atoms with Crippen LogP contribution in [0.4, 0.5) is 17.6 Å². The van der Waals surface area contributed by atoms with Crippen molar-refractivity contribution in [3.8, 4) is 0 Å². The van der Waals surface area contributed by atoms with E-state index in [2.05, 4.69) is 50.9 Å². The molecule has 0 bridgehead atoms. The SMILES string of the molecule is C/C(=N\OCCO)c1ccc2nnc(Cc3c(F)cc4ncccc4c3F)n2n1.COCCO/N=C(\C)c1ccc2nnc(C(C)c3c(F)cc4ncccc4c3F)n2n1. The number of pyridine rings is 2. The third-order valence-corrected chi connectivity index (χ3v) is 9.20. The quantitative estimate of drug-likeness (QED) is 0.0643. The Bertz CT molecular complexity index is 2890. The molecule has 20 heteroatoms. The monoisotopic (exact) mass is 824 g/mol. The number of benzene rings is 2. The second kappa shape index (κ2) is 18.2. The number of ether oxygens (including phenoxy) is 1. The van der Waals surface area contributed by atoms with Gasteiger partial charge in [-0.1, -0.05) is 17.2 Å². The second-order valence-corrected chi connectivity index (χ2v) is 13.2. The molecule has 1 N–H and O–H groups in total. The normalized spacial score (nSPS) is 12.6. The van der Waals surface area contributed by atoms with E-state index in [1.807, 2.05) is 0 Å². The summed E-state index contributed by atoms with van der Waals surface area (Å²) in [5.41, 5.74) is 3.10. The lowest BCUT2D eigenvalue weighted by molar-refractivity contribution is 0.0751. The van der Waals surface area contributed by atoms with Crippen molar-refractivity contribution in [1.82, 2.24) is 49.6 Å². The fraction of sp³-hybridized carbons (Fsp3) is 0.250. The largest absolute Gasteiger partial charge is 0.393 e. The molecule has 8 rings (SSSR count). The number of hydrogen-bond acceptors (Lipinski definition) is 14. The highest BCUT2D eigenvalue weighted by Gasteiger charge is 2.26. The van der Waals surface area contributed by atoms with E-state index in [0.717, 1.165) is 0 Å². The van der Waals surface area contributed by atoms with Gasteiger partial charge in [-0.2, -0.15) is 19.2 Å². The third kappa shape index (κ3) is 8.54. The van der Waals surface area contributed by atoms with E-state index in [4.69, 9.17) is 19.5 Å². The van der Waals surface area contributed by atoms with E-state index in [9.17, 15) is 13.2 Å². The van der Waals surface area contributed by atoms with Crippen molar-refractivity contribution in [2.24, 2.45) is 10.3 Å². The lowest BCUT2D eigenvalue weighted by Gasteiger charge is -2.14. The number of aromatic nitrogens is 10. The van der Waals surface area contributed by atoms with Gasteiger partial charge >= 0.3 is 0 Å². The van der Waals surface area contributed by atoms with Crippen LogP contribution in [0.25, 0.3) is 33.1 Å². The highest BCUT2D eigenvalue weighted by Crippen LogP contribution is 2.32. The Labute approximate surface area is 338 Å². The summed E-state index contributed by atoms with van der Waals surface area (Å²) in [6.07, 6.45) is 2.83. The number of aliphatic hydroxyl groups is 1. The first-order valence-electron chi connectivity index (χ1n) is 18.4. The van der Waals surface area contributed by atoms with Gasteiger partial charge in [0.25, 0.3) is 0 Å². The number of hydrogen-bond donors (Lipinski definition) is 1. The first-order chi connectivity index (χ1) is 29.1. The molecule has 308 valence electrons. The Hall–Kier alpha value is -7.06. The lowest BCUT2D eigenvalue weighted by atomic mass is 9.97. The van der Waals surface area contributed by atoms with Crippen molar-refractivity contribution in [3.05, 3.63) is 130 Å². The minimum atomic E-state index is -0.752. The van der Waals surface area contributed by atoms with Crippen LogP contribution in [0.15, 0.2) is 83.4 Å². The first-order valence-corrected chi connectivity index (χ1v) is 18.4. The topological polar surface area (TPSA) is 185 Å². The maximum absolute atomic E-state index is 15.2. The van der Waals surface area contributed by atoms with Gasteiger partial charge in [-0.05, 0) is 62.4 Å². The van der Waals surface area contributed by atoms with Crippen LogP contribution in [-0.4, -0.2) is 99.7 Å². The van der Waals surface area contributed by atoms with Crippen LogP contribution in [0.3, 0.4) is 0 Å². The summed E-state index contributed by atoms with van der Waals surface area (Å²) < 4.78 is 67.2. The molecule has 0 radical (unpaired) electrons. The zero-order valence-corrected chi connectivity index (χ0v) is 32.6. The molecule has 60 heavy (non-hydrogen) atoms. The van der Waals surface area contributed by atoms with Crippen LogP contribution in [0.1, 0.15) is 60.9 Å². The van der Waals surface area contributed by atoms with Crippen LogP contribution in [0, 0.1) is 23.3 Å². The number of methoxy groups -OCH3 is 1. The molecule has 0 saturated carbocycles. The van der Waals surface area contributed by atoms with Gasteiger partial charge < -0.3 is 19.5 Å².